The number of rotatable bonds is 12. The van der Waals surface area contributed by atoms with Crippen LogP contribution < -0.4 is 19.5 Å². The number of nitrogens with one attached hydrogen (secondary N) is 1. The normalized spacial score (nSPS) is 17.6. The number of carbonyl (C=O) groups is 3. The van der Waals surface area contributed by atoms with E-state index >= 15 is 0 Å². The first-order valence-electron chi connectivity index (χ1n) is 14.5. The lowest BCUT2D eigenvalue weighted by molar-refractivity contribution is -0.143. The highest BCUT2D eigenvalue weighted by Gasteiger charge is 2.29. The molecule has 0 radical (unpaired) electrons. The number of ether oxygens (including phenoxy) is 4. The molecule has 1 heterocycles. The largest absolute Gasteiger partial charge is 0.493 e. The van der Waals surface area contributed by atoms with Crippen LogP contribution >= 0.6 is 0 Å². The monoisotopic (exact) mass is 607 g/mol. The molecule has 232 valence electrons. The summed E-state index contributed by atoms with van der Waals surface area (Å²) in [6.45, 7) is 0.826. The predicted octanol–water partition coefficient (Wildman–Crippen LogP) is 5.35. The van der Waals surface area contributed by atoms with Gasteiger partial charge in [0, 0.05) is 17.2 Å². The lowest BCUT2D eigenvalue weighted by Gasteiger charge is -2.27. The zero-order valence-corrected chi connectivity index (χ0v) is 24.1. The Morgan fingerprint density at radius 3 is 2.59 bits per heavy atom. The Balaban J connectivity index is 1.14. The molecule has 10 nitrogen and oxygen atoms in total. The van der Waals surface area contributed by atoms with Gasteiger partial charge in [-0.15, -0.1) is 0 Å². The van der Waals surface area contributed by atoms with Crippen LogP contribution in [0.4, 0.5) is 4.39 Å². The van der Waals surface area contributed by atoms with E-state index in [0.717, 1.165) is 5.56 Å². The van der Waals surface area contributed by atoms with Crippen LogP contribution in [0.1, 0.15) is 69.5 Å². The van der Waals surface area contributed by atoms with Gasteiger partial charge in [-0.2, -0.15) is 0 Å². The van der Waals surface area contributed by atoms with E-state index in [0.29, 0.717) is 61.2 Å². The van der Waals surface area contributed by atoms with Gasteiger partial charge in [0.05, 0.1) is 30.3 Å². The topological polar surface area (TPSA) is 141 Å². The number of aryl methyl sites for hydroxylation is 1. The van der Waals surface area contributed by atoms with E-state index in [1.54, 1.807) is 0 Å². The minimum atomic E-state index is -1.17. The second-order valence-electron chi connectivity index (χ2n) is 10.9. The van der Waals surface area contributed by atoms with Crippen molar-refractivity contribution in [1.82, 2.24) is 5.32 Å². The number of carboxylic acid groups (broad SMARTS) is 2. The molecular weight excluding hydrogens is 573 g/mol. The number of carbonyl (C=O) groups excluding carboxylic acids is 1. The third-order valence-electron chi connectivity index (χ3n) is 7.77. The van der Waals surface area contributed by atoms with E-state index in [1.165, 1.54) is 30.3 Å². The number of carboxylic acids is 2. The summed E-state index contributed by atoms with van der Waals surface area (Å²) in [5.74, 6) is -1.95. The number of hydrogen-bond acceptors (Lipinski definition) is 7. The van der Waals surface area contributed by atoms with Crippen molar-refractivity contribution in [2.45, 2.75) is 57.8 Å². The van der Waals surface area contributed by atoms with Gasteiger partial charge in [-0.1, -0.05) is 18.6 Å². The van der Waals surface area contributed by atoms with Gasteiger partial charge in [-0.3, -0.25) is 9.59 Å². The summed E-state index contributed by atoms with van der Waals surface area (Å²) in [4.78, 5) is 36.1. The predicted molar refractivity (Wildman–Crippen MR) is 156 cm³/mol. The van der Waals surface area contributed by atoms with Crippen LogP contribution in [0.15, 0.2) is 54.6 Å². The van der Waals surface area contributed by atoms with E-state index in [2.05, 4.69) is 5.32 Å². The van der Waals surface area contributed by atoms with Gasteiger partial charge in [-0.25, -0.2) is 9.18 Å². The van der Waals surface area contributed by atoms with Gasteiger partial charge in [0.1, 0.15) is 29.7 Å². The number of benzene rings is 3. The maximum atomic E-state index is 14.0. The van der Waals surface area contributed by atoms with Crippen molar-refractivity contribution >= 4 is 17.8 Å². The van der Waals surface area contributed by atoms with Gasteiger partial charge in [0.2, 0.25) is 0 Å². The van der Waals surface area contributed by atoms with Crippen LogP contribution in [-0.4, -0.2) is 47.5 Å². The Kier molecular flexibility index (Phi) is 9.96. The molecule has 44 heavy (non-hydrogen) atoms. The molecule has 2 unspecified atom stereocenters. The average Bonchev–Trinajstić information content (AvgIpc) is 3.02. The first kappa shape index (κ1) is 30.8. The number of halogens is 1. The fourth-order valence-electron chi connectivity index (χ4n) is 5.51. The van der Waals surface area contributed by atoms with E-state index < -0.39 is 23.8 Å². The second kappa shape index (κ2) is 14.2. The molecule has 3 aromatic rings. The van der Waals surface area contributed by atoms with Crippen molar-refractivity contribution in [2.24, 2.45) is 5.92 Å². The van der Waals surface area contributed by atoms with Crippen LogP contribution in [-0.2, 0) is 29.2 Å². The van der Waals surface area contributed by atoms with Crippen molar-refractivity contribution in [1.29, 1.82) is 0 Å². The van der Waals surface area contributed by atoms with Gasteiger partial charge < -0.3 is 34.5 Å². The molecule has 11 heteroatoms. The summed E-state index contributed by atoms with van der Waals surface area (Å²) in [5.41, 5.74) is 2.35. The molecule has 2 atom stereocenters. The minimum absolute atomic E-state index is 0.0457. The molecule has 1 amide bonds. The summed E-state index contributed by atoms with van der Waals surface area (Å²) < 4.78 is 36.5. The molecule has 1 fully saturated rings. The van der Waals surface area contributed by atoms with Gasteiger partial charge >= 0.3 is 11.9 Å². The highest BCUT2D eigenvalue weighted by atomic mass is 19.1. The summed E-state index contributed by atoms with van der Waals surface area (Å²) in [6, 6.07) is 14.1. The average molecular weight is 608 g/mol. The molecule has 0 bridgehead atoms. The van der Waals surface area contributed by atoms with Crippen LogP contribution in [0, 0.1) is 11.7 Å². The molecule has 3 N–H and O–H groups in total. The standard InChI is InChI=1S/C33H34FNO9/c34-25-13-23-17-41-19-44-30(23)24(14-25)18-43-27-9-6-20(7-10-27)3-2-12-42-29-11-8-22(33(39)40)16-28(29)31(36)35-26-5-1-4-21(15-26)32(37)38/h6-11,13-14,16,21,26H,1-5,12,15,17-19H2,(H,35,36)(H,37,38)(H,39,40). The Hall–Kier alpha value is -4.64. The fourth-order valence-corrected chi connectivity index (χ4v) is 5.51. The van der Waals surface area contributed by atoms with E-state index in [9.17, 15) is 29.0 Å². The molecule has 1 aliphatic heterocycles. The highest BCUT2D eigenvalue weighted by Crippen LogP contribution is 2.31. The van der Waals surface area contributed by atoms with Crippen molar-refractivity contribution in [2.75, 3.05) is 13.4 Å². The number of hydrogen-bond donors (Lipinski definition) is 3. The summed E-state index contributed by atoms with van der Waals surface area (Å²) in [6.07, 6.45) is 3.55. The van der Waals surface area contributed by atoms with Crippen molar-refractivity contribution in [3.8, 4) is 17.2 Å². The summed E-state index contributed by atoms with van der Waals surface area (Å²) >= 11 is 0. The van der Waals surface area contributed by atoms with Gasteiger partial charge in [-0.05, 0) is 80.1 Å². The summed E-state index contributed by atoms with van der Waals surface area (Å²) in [7, 11) is 0. The van der Waals surface area contributed by atoms with Gasteiger partial charge in [0.25, 0.3) is 5.91 Å². The lowest BCUT2D eigenvalue weighted by atomic mass is 9.85. The molecule has 1 aliphatic carbocycles. The first-order valence-corrected chi connectivity index (χ1v) is 14.5. The first-order chi connectivity index (χ1) is 21.3. The van der Waals surface area contributed by atoms with E-state index in [4.69, 9.17) is 18.9 Å². The maximum absolute atomic E-state index is 14.0. The van der Waals surface area contributed by atoms with Crippen LogP contribution in [0.25, 0.3) is 0 Å². The molecule has 2 aliphatic rings. The SMILES string of the molecule is O=C(O)c1ccc(OCCCc2ccc(OCc3cc(F)cc4c3OCOC4)cc2)c(C(=O)NC2CCCC(C(=O)O)C2)c1. The second-order valence-corrected chi connectivity index (χ2v) is 10.9. The molecule has 3 aromatic carbocycles. The van der Waals surface area contributed by atoms with Crippen molar-refractivity contribution < 1.29 is 47.9 Å². The maximum Gasteiger partial charge on any atom is 0.335 e. The molecule has 0 aromatic heterocycles. The Morgan fingerprint density at radius 2 is 1.82 bits per heavy atom. The molecular formula is C33H34FNO9. The highest BCUT2D eigenvalue weighted by molar-refractivity contribution is 6.00. The smallest absolute Gasteiger partial charge is 0.335 e. The zero-order valence-electron chi connectivity index (χ0n) is 24.1. The van der Waals surface area contributed by atoms with Crippen molar-refractivity contribution in [3.05, 3.63) is 88.2 Å². The third-order valence-corrected chi connectivity index (χ3v) is 7.77. The van der Waals surface area contributed by atoms with Crippen LogP contribution in [0.2, 0.25) is 0 Å². The van der Waals surface area contributed by atoms with Crippen LogP contribution in [0.5, 0.6) is 17.2 Å². The molecule has 5 rings (SSSR count). The van der Waals surface area contributed by atoms with E-state index in [-0.39, 0.29) is 55.3 Å². The summed E-state index contributed by atoms with van der Waals surface area (Å²) in [5, 5.41) is 21.7. The molecule has 1 saturated carbocycles. The van der Waals surface area contributed by atoms with Crippen LogP contribution in [0.3, 0.4) is 0 Å². The van der Waals surface area contributed by atoms with E-state index in [1.807, 2.05) is 24.3 Å². The Labute approximate surface area is 253 Å². The number of aliphatic carboxylic acids is 1. The third kappa shape index (κ3) is 7.84. The minimum Gasteiger partial charge on any atom is -0.493 e. The lowest BCUT2D eigenvalue weighted by Crippen LogP contribution is -2.40. The Morgan fingerprint density at radius 1 is 1.00 bits per heavy atom. The number of aromatic carboxylic acids is 1. The number of amides is 1. The Bertz CT molecular complexity index is 1510. The molecule has 0 saturated heterocycles. The molecule has 0 spiro atoms. The zero-order chi connectivity index (χ0) is 31.1. The quantitative estimate of drug-likeness (QED) is 0.232. The van der Waals surface area contributed by atoms with Gasteiger partial charge in [0.15, 0.2) is 6.79 Å². The fraction of sp³-hybridized carbons (Fsp3) is 0.364. The van der Waals surface area contributed by atoms with Crippen molar-refractivity contribution in [3.63, 3.8) is 0 Å². The number of fused-ring (bicyclic) bond motifs is 1.